The minimum absolute atomic E-state index is 0.0430. The van der Waals surface area contributed by atoms with E-state index in [1.807, 2.05) is 18.5 Å². The molecule has 4 amide bonds. The van der Waals surface area contributed by atoms with Gasteiger partial charge in [-0.1, -0.05) is 30.7 Å². The molecule has 2 aromatic rings. The van der Waals surface area contributed by atoms with Gasteiger partial charge in [-0.2, -0.15) is 0 Å². The molecule has 0 spiro atoms. The molecule has 2 aliphatic carbocycles. The molecule has 9 heteroatoms. The first-order valence-electron chi connectivity index (χ1n) is 13.6. The molecule has 2 fully saturated rings. The zero-order valence-electron chi connectivity index (χ0n) is 21.6. The van der Waals surface area contributed by atoms with Gasteiger partial charge in [0.05, 0.1) is 24.3 Å². The minimum Gasteiger partial charge on any atom is -0.354 e. The van der Waals surface area contributed by atoms with Gasteiger partial charge in [0.1, 0.15) is 6.04 Å². The Kier molecular flexibility index (Phi) is 7.48. The highest BCUT2D eigenvalue weighted by molar-refractivity contribution is 5.90. The normalized spacial score (nSPS) is 23.3. The Morgan fingerprint density at radius 1 is 1.05 bits per heavy atom. The molecule has 1 aromatic heterocycles. The number of rotatable bonds is 8. The lowest BCUT2D eigenvalue weighted by atomic mass is 9.81. The fourth-order valence-corrected chi connectivity index (χ4v) is 5.89. The molecule has 1 aliphatic heterocycles. The molecule has 3 unspecified atom stereocenters. The van der Waals surface area contributed by atoms with Crippen LogP contribution in [0.5, 0.6) is 0 Å². The van der Waals surface area contributed by atoms with Crippen molar-refractivity contribution in [1.29, 1.82) is 0 Å². The summed E-state index contributed by atoms with van der Waals surface area (Å²) in [5.74, 6) is 0.777. The summed E-state index contributed by atoms with van der Waals surface area (Å²) in [6, 6.07) is 7.27. The van der Waals surface area contributed by atoms with E-state index in [9.17, 15) is 14.4 Å². The highest BCUT2D eigenvalue weighted by atomic mass is 16.2. The molecule has 5 rings (SSSR count). The molecule has 198 valence electrons. The highest BCUT2D eigenvalue weighted by Gasteiger charge is 2.42. The minimum atomic E-state index is -0.529. The van der Waals surface area contributed by atoms with Crippen LogP contribution in [0.25, 0.3) is 0 Å². The van der Waals surface area contributed by atoms with Gasteiger partial charge in [-0.15, -0.1) is 0 Å². The highest BCUT2D eigenvalue weighted by Crippen LogP contribution is 2.35. The maximum atomic E-state index is 13.4. The summed E-state index contributed by atoms with van der Waals surface area (Å²) in [6.07, 6.45) is 8.23. The Morgan fingerprint density at radius 3 is 2.49 bits per heavy atom. The number of hydrogen-bond donors (Lipinski definition) is 3. The average Bonchev–Trinajstić information content (AvgIpc) is 3.68. The molecular formula is C28H38N6O3. The number of benzene rings is 1. The van der Waals surface area contributed by atoms with E-state index < -0.39 is 12.1 Å². The van der Waals surface area contributed by atoms with E-state index >= 15 is 0 Å². The van der Waals surface area contributed by atoms with Crippen LogP contribution in [0.15, 0.2) is 30.6 Å². The van der Waals surface area contributed by atoms with Crippen molar-refractivity contribution in [3.05, 3.63) is 53.1 Å². The molecule has 2 saturated carbocycles. The third-order valence-electron chi connectivity index (χ3n) is 8.25. The Hall–Kier alpha value is -3.36. The number of nitrogens with zero attached hydrogens (tertiary/aromatic N) is 3. The number of aryl methyl sites for hydroxylation is 1. The summed E-state index contributed by atoms with van der Waals surface area (Å²) in [5, 5.41) is 5.87. The Labute approximate surface area is 218 Å². The van der Waals surface area contributed by atoms with E-state index in [0.29, 0.717) is 44.4 Å². The lowest BCUT2D eigenvalue weighted by molar-refractivity contribution is -0.143. The molecule has 1 aromatic carbocycles. The first kappa shape index (κ1) is 25.3. The number of carbonyl (C=O) groups is 3. The molecule has 4 N–H and O–H groups in total. The van der Waals surface area contributed by atoms with Gasteiger partial charge in [-0.25, -0.2) is 9.78 Å². The summed E-state index contributed by atoms with van der Waals surface area (Å²) < 4.78 is 2.13. The number of amides is 4. The van der Waals surface area contributed by atoms with E-state index in [-0.39, 0.29) is 17.7 Å². The molecule has 9 nitrogen and oxygen atoms in total. The third-order valence-corrected chi connectivity index (χ3v) is 8.25. The number of nitrogens with two attached hydrogens (primary N) is 1. The van der Waals surface area contributed by atoms with Crippen LogP contribution in [0.1, 0.15) is 61.0 Å². The number of nitrogens with one attached hydrogen (secondary N) is 2. The molecular weight excluding hydrogens is 468 g/mol. The summed E-state index contributed by atoms with van der Waals surface area (Å²) in [5.41, 5.74) is 9.60. The lowest BCUT2D eigenvalue weighted by Gasteiger charge is -2.36. The number of fused-ring (bicyclic) bond motifs is 1. The third kappa shape index (κ3) is 5.97. The van der Waals surface area contributed by atoms with Crippen molar-refractivity contribution in [2.75, 3.05) is 13.1 Å². The number of carbonyl (C=O) groups excluding carboxylic acids is 3. The van der Waals surface area contributed by atoms with Gasteiger partial charge < -0.3 is 25.8 Å². The SMILES string of the molecule is Cc1ccccc1Cn1cnc2c1CN(C(=O)C1CC1)C(C(=O)NCC1CCCC(CNC(N)=O)C1)C2. The van der Waals surface area contributed by atoms with Gasteiger partial charge in [0, 0.05) is 32.0 Å². The number of primary amides is 1. The van der Waals surface area contributed by atoms with Crippen LogP contribution >= 0.6 is 0 Å². The average molecular weight is 507 g/mol. The van der Waals surface area contributed by atoms with Gasteiger partial charge in [0.15, 0.2) is 0 Å². The number of aromatic nitrogens is 2. The molecule has 2 heterocycles. The second-order valence-electron chi connectivity index (χ2n) is 11.0. The van der Waals surface area contributed by atoms with Crippen LogP contribution < -0.4 is 16.4 Å². The Bertz CT molecular complexity index is 1160. The van der Waals surface area contributed by atoms with Crippen LogP contribution in [0, 0.1) is 24.7 Å². The topological polar surface area (TPSA) is 122 Å². The molecule has 3 aliphatic rings. The van der Waals surface area contributed by atoms with Crippen LogP contribution in [-0.2, 0) is 29.1 Å². The van der Waals surface area contributed by atoms with Crippen LogP contribution in [-0.4, -0.2) is 51.4 Å². The van der Waals surface area contributed by atoms with Gasteiger partial charge in [0.2, 0.25) is 11.8 Å². The predicted octanol–water partition coefficient (Wildman–Crippen LogP) is 2.49. The van der Waals surface area contributed by atoms with E-state index in [1.165, 1.54) is 11.1 Å². The van der Waals surface area contributed by atoms with Crippen LogP contribution in [0.2, 0.25) is 0 Å². The van der Waals surface area contributed by atoms with E-state index in [0.717, 1.165) is 49.9 Å². The summed E-state index contributed by atoms with van der Waals surface area (Å²) >= 11 is 0. The standard InChI is InChI=1S/C28H38N6O3/c1-18-5-2-3-8-22(18)15-33-17-32-23-12-24(34(16-25(23)33)27(36)21-9-10-21)26(35)30-13-19-6-4-7-20(11-19)14-31-28(29)37/h2-3,5,8,17,19-21,24H,4,6-7,9-16H2,1H3,(H,30,35)(H3,29,31,37). The molecule has 0 saturated heterocycles. The van der Waals surface area contributed by atoms with Gasteiger partial charge >= 0.3 is 6.03 Å². The second kappa shape index (κ2) is 10.9. The van der Waals surface area contributed by atoms with E-state index in [4.69, 9.17) is 5.73 Å². The fourth-order valence-electron chi connectivity index (χ4n) is 5.89. The van der Waals surface area contributed by atoms with Gasteiger partial charge in [-0.3, -0.25) is 9.59 Å². The van der Waals surface area contributed by atoms with Crippen molar-refractivity contribution in [3.63, 3.8) is 0 Å². The molecule has 0 radical (unpaired) electrons. The summed E-state index contributed by atoms with van der Waals surface area (Å²) in [7, 11) is 0. The second-order valence-corrected chi connectivity index (χ2v) is 11.0. The van der Waals surface area contributed by atoms with Crippen molar-refractivity contribution in [2.24, 2.45) is 23.5 Å². The maximum Gasteiger partial charge on any atom is 0.312 e. The molecule has 3 atom stereocenters. The number of hydrogen-bond acceptors (Lipinski definition) is 4. The van der Waals surface area contributed by atoms with Crippen molar-refractivity contribution in [1.82, 2.24) is 25.1 Å². The molecule has 0 bridgehead atoms. The van der Waals surface area contributed by atoms with Crippen molar-refractivity contribution < 1.29 is 14.4 Å². The number of urea groups is 1. The van der Waals surface area contributed by atoms with Crippen molar-refractivity contribution in [2.45, 2.75) is 71.0 Å². The van der Waals surface area contributed by atoms with E-state index in [2.05, 4.69) is 39.2 Å². The summed E-state index contributed by atoms with van der Waals surface area (Å²) in [6.45, 7) is 4.39. The van der Waals surface area contributed by atoms with Crippen LogP contribution in [0.3, 0.4) is 0 Å². The quantitative estimate of drug-likeness (QED) is 0.509. The smallest absolute Gasteiger partial charge is 0.312 e. The van der Waals surface area contributed by atoms with Gasteiger partial charge in [-0.05, 0) is 62.0 Å². The largest absolute Gasteiger partial charge is 0.354 e. The lowest BCUT2D eigenvalue weighted by Crippen LogP contribution is -2.54. The predicted molar refractivity (Wildman–Crippen MR) is 139 cm³/mol. The van der Waals surface area contributed by atoms with E-state index in [1.54, 1.807) is 4.90 Å². The van der Waals surface area contributed by atoms with Crippen molar-refractivity contribution >= 4 is 17.8 Å². The first-order valence-corrected chi connectivity index (χ1v) is 13.6. The fraction of sp³-hybridized carbons (Fsp3) is 0.571. The monoisotopic (exact) mass is 506 g/mol. The summed E-state index contributed by atoms with van der Waals surface area (Å²) in [4.78, 5) is 44.2. The first-order chi connectivity index (χ1) is 17.9. The van der Waals surface area contributed by atoms with Crippen LogP contribution in [0.4, 0.5) is 4.79 Å². The Morgan fingerprint density at radius 2 is 1.78 bits per heavy atom. The van der Waals surface area contributed by atoms with Crippen molar-refractivity contribution in [3.8, 4) is 0 Å². The zero-order chi connectivity index (χ0) is 25.9. The maximum absolute atomic E-state index is 13.4. The Balaban J connectivity index is 1.26. The molecule has 37 heavy (non-hydrogen) atoms. The zero-order valence-corrected chi connectivity index (χ0v) is 21.6. The number of imidazole rings is 1. The van der Waals surface area contributed by atoms with Gasteiger partial charge in [0.25, 0.3) is 0 Å².